The summed E-state index contributed by atoms with van der Waals surface area (Å²) in [5, 5.41) is 22.0. The van der Waals surface area contributed by atoms with Gasteiger partial charge in [0.15, 0.2) is 5.69 Å². The Morgan fingerprint density at radius 3 is 2.83 bits per heavy atom. The van der Waals surface area contributed by atoms with Crippen molar-refractivity contribution in [3.63, 3.8) is 0 Å². The van der Waals surface area contributed by atoms with Crippen LogP contribution in [0.4, 0.5) is 0 Å². The van der Waals surface area contributed by atoms with Crippen LogP contribution in [0.5, 0.6) is 0 Å². The van der Waals surface area contributed by atoms with Crippen LogP contribution >= 0.6 is 23.4 Å². The molecule has 1 aliphatic heterocycles. The molecule has 1 aromatic heterocycles. The van der Waals surface area contributed by atoms with E-state index in [1.807, 2.05) is 18.2 Å². The van der Waals surface area contributed by atoms with Crippen molar-refractivity contribution < 1.29 is 14.6 Å². The van der Waals surface area contributed by atoms with E-state index in [1.165, 1.54) is 11.8 Å². The molecule has 0 aliphatic carbocycles. The minimum absolute atomic E-state index is 0.129. The molecular weight excluding hydrogens is 350 g/mol. The third kappa shape index (κ3) is 4.24. The summed E-state index contributed by atoms with van der Waals surface area (Å²) < 4.78 is 5.14. The summed E-state index contributed by atoms with van der Waals surface area (Å²) in [4.78, 5) is 12.9. The van der Waals surface area contributed by atoms with Crippen molar-refractivity contribution in [1.82, 2.24) is 15.5 Å². The fourth-order valence-corrected chi connectivity index (χ4v) is 3.21. The molecule has 2 aromatic rings. The summed E-state index contributed by atoms with van der Waals surface area (Å²) in [5.74, 6) is -0.378. The first-order chi connectivity index (χ1) is 11.6. The maximum absolute atomic E-state index is 12.1. The molecule has 126 valence electrons. The molecular formula is C16H16ClN3O3S. The average molecular weight is 366 g/mol. The second-order valence-corrected chi connectivity index (χ2v) is 6.97. The van der Waals surface area contributed by atoms with E-state index >= 15 is 0 Å². The maximum Gasteiger partial charge on any atom is 0.271 e. The molecule has 0 spiro atoms. The highest BCUT2D eigenvalue weighted by Gasteiger charge is 2.32. The number of amides is 1. The Balaban J connectivity index is 1.59. The van der Waals surface area contributed by atoms with Gasteiger partial charge in [0, 0.05) is 24.5 Å². The molecule has 24 heavy (non-hydrogen) atoms. The zero-order valence-electron chi connectivity index (χ0n) is 12.7. The molecule has 1 aromatic carbocycles. The van der Waals surface area contributed by atoms with E-state index in [-0.39, 0.29) is 24.8 Å². The third-order valence-corrected chi connectivity index (χ3v) is 5.03. The van der Waals surface area contributed by atoms with Gasteiger partial charge in [-0.3, -0.25) is 4.79 Å². The standard InChI is InChI=1S/C16H16ClN3O3S/c17-11-3-1-2-4-13(11)24-14-6-5-12(19-20-14)15(21)18-9-16(22)7-8-23-10-16/h1-6,22H,7-10H2,(H,18,21)/t16-/m1/s1. The molecule has 8 heteroatoms. The second-order valence-electron chi connectivity index (χ2n) is 5.50. The molecule has 2 N–H and O–H groups in total. The Hall–Kier alpha value is -1.67. The van der Waals surface area contributed by atoms with E-state index in [1.54, 1.807) is 18.2 Å². The average Bonchev–Trinajstić information content (AvgIpc) is 3.03. The topological polar surface area (TPSA) is 84.3 Å². The van der Waals surface area contributed by atoms with Crippen LogP contribution in [-0.4, -0.2) is 46.6 Å². The van der Waals surface area contributed by atoms with Crippen molar-refractivity contribution in [1.29, 1.82) is 0 Å². The molecule has 6 nitrogen and oxygen atoms in total. The number of aromatic nitrogens is 2. The van der Waals surface area contributed by atoms with Crippen LogP contribution in [-0.2, 0) is 4.74 Å². The molecule has 0 bridgehead atoms. The van der Waals surface area contributed by atoms with Crippen molar-refractivity contribution in [2.24, 2.45) is 0 Å². The van der Waals surface area contributed by atoms with Gasteiger partial charge in [0.05, 0.1) is 11.6 Å². The molecule has 2 heterocycles. The highest BCUT2D eigenvalue weighted by molar-refractivity contribution is 7.99. The number of rotatable bonds is 5. The van der Waals surface area contributed by atoms with E-state index in [0.717, 1.165) is 4.90 Å². The number of benzene rings is 1. The molecule has 1 atom stereocenters. The minimum atomic E-state index is -0.997. The molecule has 1 aliphatic rings. The number of carbonyl (C=O) groups is 1. The Morgan fingerprint density at radius 2 is 2.17 bits per heavy atom. The summed E-state index contributed by atoms with van der Waals surface area (Å²) >= 11 is 7.48. The number of ether oxygens (including phenoxy) is 1. The number of aliphatic hydroxyl groups is 1. The summed E-state index contributed by atoms with van der Waals surface area (Å²) in [6.07, 6.45) is 0.506. The summed E-state index contributed by atoms with van der Waals surface area (Å²) in [6.45, 7) is 0.857. The number of halogens is 1. The van der Waals surface area contributed by atoms with E-state index in [2.05, 4.69) is 15.5 Å². The predicted molar refractivity (Wildman–Crippen MR) is 90.3 cm³/mol. The predicted octanol–water partition coefficient (Wildman–Crippen LogP) is 2.16. The van der Waals surface area contributed by atoms with Crippen LogP contribution in [0.3, 0.4) is 0 Å². The van der Waals surface area contributed by atoms with E-state index in [9.17, 15) is 9.90 Å². The van der Waals surface area contributed by atoms with Crippen LogP contribution in [0.15, 0.2) is 46.3 Å². The molecule has 0 unspecified atom stereocenters. The number of hydrogen-bond acceptors (Lipinski definition) is 6. The monoisotopic (exact) mass is 365 g/mol. The smallest absolute Gasteiger partial charge is 0.271 e. The number of hydrogen-bond donors (Lipinski definition) is 2. The van der Waals surface area contributed by atoms with Crippen molar-refractivity contribution in [2.45, 2.75) is 21.9 Å². The number of carbonyl (C=O) groups excluding carboxylic acids is 1. The number of nitrogens with zero attached hydrogens (tertiary/aromatic N) is 2. The zero-order chi connectivity index (χ0) is 17.0. The maximum atomic E-state index is 12.1. The van der Waals surface area contributed by atoms with Crippen LogP contribution in [0, 0.1) is 0 Å². The fraction of sp³-hybridized carbons (Fsp3) is 0.312. The van der Waals surface area contributed by atoms with Crippen LogP contribution in [0.25, 0.3) is 0 Å². The second kappa shape index (κ2) is 7.48. The van der Waals surface area contributed by atoms with Crippen LogP contribution < -0.4 is 5.32 Å². The van der Waals surface area contributed by atoms with Gasteiger partial charge in [-0.25, -0.2) is 0 Å². The summed E-state index contributed by atoms with van der Waals surface area (Å²) in [7, 11) is 0. The minimum Gasteiger partial charge on any atom is -0.386 e. The lowest BCUT2D eigenvalue weighted by molar-refractivity contribution is 0.0264. The lowest BCUT2D eigenvalue weighted by Gasteiger charge is -2.20. The molecule has 0 radical (unpaired) electrons. The van der Waals surface area contributed by atoms with Crippen molar-refractivity contribution in [3.8, 4) is 0 Å². The first-order valence-electron chi connectivity index (χ1n) is 7.40. The molecule has 3 rings (SSSR count). The van der Waals surface area contributed by atoms with Crippen molar-refractivity contribution in [3.05, 3.63) is 47.1 Å². The first kappa shape index (κ1) is 17.2. The van der Waals surface area contributed by atoms with E-state index < -0.39 is 5.60 Å². The Labute approximate surface area is 148 Å². The Kier molecular flexibility index (Phi) is 5.35. The highest BCUT2D eigenvalue weighted by Crippen LogP contribution is 2.31. The lowest BCUT2D eigenvalue weighted by atomic mass is 10.0. The van der Waals surface area contributed by atoms with Gasteiger partial charge in [-0.2, -0.15) is 0 Å². The van der Waals surface area contributed by atoms with Crippen LogP contribution in [0.1, 0.15) is 16.9 Å². The van der Waals surface area contributed by atoms with E-state index in [4.69, 9.17) is 16.3 Å². The third-order valence-electron chi connectivity index (χ3n) is 3.58. The van der Waals surface area contributed by atoms with Gasteiger partial charge in [0.1, 0.15) is 10.6 Å². The molecule has 1 amide bonds. The van der Waals surface area contributed by atoms with Gasteiger partial charge in [-0.05, 0) is 24.3 Å². The van der Waals surface area contributed by atoms with Crippen molar-refractivity contribution in [2.75, 3.05) is 19.8 Å². The SMILES string of the molecule is O=C(NC[C@]1(O)CCOC1)c1ccc(Sc2ccccc2Cl)nn1. The van der Waals surface area contributed by atoms with Crippen LogP contribution in [0.2, 0.25) is 5.02 Å². The van der Waals surface area contributed by atoms with Crippen molar-refractivity contribution >= 4 is 29.3 Å². The molecule has 1 fully saturated rings. The first-order valence-corrected chi connectivity index (χ1v) is 8.60. The van der Waals surface area contributed by atoms with Gasteiger partial charge in [-0.15, -0.1) is 10.2 Å². The largest absolute Gasteiger partial charge is 0.386 e. The highest BCUT2D eigenvalue weighted by atomic mass is 35.5. The quantitative estimate of drug-likeness (QED) is 0.844. The lowest BCUT2D eigenvalue weighted by Crippen LogP contribution is -2.43. The fourth-order valence-electron chi connectivity index (χ4n) is 2.21. The number of nitrogens with one attached hydrogen (secondary N) is 1. The van der Waals surface area contributed by atoms with Gasteiger partial charge < -0.3 is 15.2 Å². The van der Waals surface area contributed by atoms with Gasteiger partial charge in [0.25, 0.3) is 5.91 Å². The normalized spacial score (nSPS) is 20.1. The Morgan fingerprint density at radius 1 is 1.33 bits per heavy atom. The van der Waals surface area contributed by atoms with Gasteiger partial charge in [0.2, 0.25) is 0 Å². The van der Waals surface area contributed by atoms with Gasteiger partial charge in [-0.1, -0.05) is 35.5 Å². The zero-order valence-corrected chi connectivity index (χ0v) is 14.3. The summed E-state index contributed by atoms with van der Waals surface area (Å²) in [6, 6.07) is 10.7. The molecule has 0 saturated carbocycles. The Bertz CT molecular complexity index is 721. The summed E-state index contributed by atoms with van der Waals surface area (Å²) in [5.41, 5.74) is -0.802. The van der Waals surface area contributed by atoms with Gasteiger partial charge >= 0.3 is 0 Å². The molecule has 1 saturated heterocycles. The van der Waals surface area contributed by atoms with E-state index in [0.29, 0.717) is 23.1 Å².